The molecule has 6 nitrogen and oxygen atoms in total. The van der Waals surface area contributed by atoms with Gasteiger partial charge in [-0.25, -0.2) is 5.43 Å². The third-order valence-corrected chi connectivity index (χ3v) is 3.66. The molecule has 0 unspecified atom stereocenters. The van der Waals surface area contributed by atoms with Crippen molar-refractivity contribution in [2.24, 2.45) is 5.10 Å². The van der Waals surface area contributed by atoms with Crippen LogP contribution < -0.4 is 14.9 Å². The summed E-state index contributed by atoms with van der Waals surface area (Å²) < 4.78 is 11.6. The average Bonchev–Trinajstić information content (AvgIpc) is 2.61. The number of terminal acetylenes is 1. The summed E-state index contributed by atoms with van der Waals surface area (Å²) in [6.07, 6.45) is 9.79. The molecule has 1 N–H and O–H groups in total. The van der Waals surface area contributed by atoms with Crippen LogP contribution in [0.4, 0.5) is 0 Å². The normalized spacial score (nSPS) is 10.2. The number of benzene rings is 1. The van der Waals surface area contributed by atoms with Crippen LogP contribution in [-0.4, -0.2) is 30.8 Å². The van der Waals surface area contributed by atoms with Crippen LogP contribution >= 0.6 is 22.6 Å². The molecule has 0 atom stereocenters. The molecule has 0 bridgehead atoms. The number of hydrogen-bond donors (Lipinski definition) is 1. The number of methoxy groups -OCH3 is 1. The number of aromatic nitrogens is 1. The van der Waals surface area contributed by atoms with E-state index in [0.717, 1.165) is 9.13 Å². The van der Waals surface area contributed by atoms with Crippen molar-refractivity contribution in [2.45, 2.75) is 0 Å². The standard InChI is InChI=1S/C17H14IN3O3/c1-3-7-24-16-14(18)8-12(9-15(16)23-2)10-20-21-17(22)13-5-4-6-19-11-13/h1,4-6,8-11H,7H2,2H3,(H,21,22)/b20-10+. The zero-order valence-corrected chi connectivity index (χ0v) is 15.0. The first-order chi connectivity index (χ1) is 11.7. The fourth-order valence-corrected chi connectivity index (χ4v) is 2.58. The van der Waals surface area contributed by atoms with Crippen molar-refractivity contribution >= 4 is 34.7 Å². The van der Waals surface area contributed by atoms with Crippen LogP contribution in [0.3, 0.4) is 0 Å². The molecule has 1 aromatic carbocycles. The molecule has 0 radical (unpaired) electrons. The van der Waals surface area contributed by atoms with Gasteiger partial charge in [-0.2, -0.15) is 5.10 Å². The van der Waals surface area contributed by atoms with Crippen molar-refractivity contribution in [3.8, 4) is 23.8 Å². The van der Waals surface area contributed by atoms with E-state index in [1.807, 2.05) is 6.07 Å². The molecule has 1 amide bonds. The third kappa shape index (κ3) is 4.70. The monoisotopic (exact) mass is 435 g/mol. The van der Waals surface area contributed by atoms with Crippen molar-refractivity contribution in [3.63, 3.8) is 0 Å². The molecular formula is C17H14IN3O3. The van der Waals surface area contributed by atoms with Crippen LogP contribution in [0.2, 0.25) is 0 Å². The number of hydrogen-bond acceptors (Lipinski definition) is 5. The van der Waals surface area contributed by atoms with Gasteiger partial charge < -0.3 is 9.47 Å². The summed E-state index contributed by atoms with van der Waals surface area (Å²) in [7, 11) is 1.54. The highest BCUT2D eigenvalue weighted by Gasteiger charge is 2.11. The van der Waals surface area contributed by atoms with Crippen LogP contribution in [-0.2, 0) is 0 Å². The van der Waals surface area contributed by atoms with Crippen LogP contribution in [0.15, 0.2) is 41.8 Å². The quantitative estimate of drug-likeness (QED) is 0.328. The lowest BCUT2D eigenvalue weighted by Gasteiger charge is -2.11. The summed E-state index contributed by atoms with van der Waals surface area (Å²) in [6.45, 7) is 0.154. The van der Waals surface area contributed by atoms with Gasteiger partial charge in [-0.3, -0.25) is 9.78 Å². The number of pyridine rings is 1. The molecule has 0 aliphatic heterocycles. The van der Waals surface area contributed by atoms with E-state index in [9.17, 15) is 4.79 Å². The van der Waals surface area contributed by atoms with Crippen molar-refractivity contribution in [2.75, 3.05) is 13.7 Å². The lowest BCUT2D eigenvalue weighted by Crippen LogP contribution is -2.17. The maximum atomic E-state index is 11.9. The van der Waals surface area contributed by atoms with Crippen molar-refractivity contribution in [1.29, 1.82) is 0 Å². The molecule has 0 spiro atoms. The number of hydrazone groups is 1. The van der Waals surface area contributed by atoms with Gasteiger partial charge in [0.1, 0.15) is 6.61 Å². The SMILES string of the molecule is C#CCOc1c(I)cc(/C=N/NC(=O)c2cccnc2)cc1OC. The lowest BCUT2D eigenvalue weighted by atomic mass is 10.2. The molecule has 0 aliphatic rings. The van der Waals surface area contributed by atoms with Crippen LogP contribution in [0, 0.1) is 15.9 Å². The zero-order valence-electron chi connectivity index (χ0n) is 12.8. The van der Waals surface area contributed by atoms with Gasteiger partial charge in [0, 0.05) is 12.4 Å². The molecule has 2 rings (SSSR count). The molecular weight excluding hydrogens is 421 g/mol. The Morgan fingerprint density at radius 1 is 1.54 bits per heavy atom. The summed E-state index contributed by atoms with van der Waals surface area (Å²) in [4.78, 5) is 15.7. The fraction of sp³-hybridized carbons (Fsp3) is 0.118. The second-order valence-corrected chi connectivity index (χ2v) is 5.63. The number of carbonyl (C=O) groups excluding carboxylic acids is 1. The number of rotatable bonds is 6. The van der Waals surface area contributed by atoms with Crippen molar-refractivity contribution in [1.82, 2.24) is 10.4 Å². The number of nitrogens with zero attached hydrogens (tertiary/aromatic N) is 2. The number of amides is 1. The number of halogens is 1. The van der Waals surface area contributed by atoms with Crippen LogP contribution in [0.25, 0.3) is 0 Å². The van der Waals surface area contributed by atoms with E-state index in [-0.39, 0.29) is 12.5 Å². The Morgan fingerprint density at radius 2 is 2.38 bits per heavy atom. The summed E-state index contributed by atoms with van der Waals surface area (Å²) in [5.41, 5.74) is 3.62. The van der Waals surface area contributed by atoms with Crippen molar-refractivity contribution < 1.29 is 14.3 Å². The van der Waals surface area contributed by atoms with E-state index < -0.39 is 0 Å². The molecule has 0 aliphatic carbocycles. The van der Waals surface area contributed by atoms with E-state index >= 15 is 0 Å². The summed E-state index contributed by atoms with van der Waals surface area (Å²) >= 11 is 2.12. The fourth-order valence-electron chi connectivity index (χ4n) is 1.80. The molecule has 0 fully saturated rings. The second-order valence-electron chi connectivity index (χ2n) is 4.47. The van der Waals surface area contributed by atoms with Crippen molar-refractivity contribution in [3.05, 3.63) is 51.4 Å². The first-order valence-corrected chi connectivity index (χ1v) is 7.90. The summed E-state index contributed by atoms with van der Waals surface area (Å²) in [5, 5.41) is 3.94. The first kappa shape index (κ1) is 17.7. The van der Waals surface area contributed by atoms with Gasteiger partial charge >= 0.3 is 0 Å². The van der Waals surface area contributed by atoms with E-state index in [0.29, 0.717) is 17.1 Å². The predicted octanol–water partition coefficient (Wildman–Crippen LogP) is 2.47. The Labute approximate surface area is 153 Å². The van der Waals surface area contributed by atoms with E-state index in [2.05, 4.69) is 44.0 Å². The molecule has 1 aromatic heterocycles. The lowest BCUT2D eigenvalue weighted by molar-refractivity contribution is 0.0955. The second kappa shape index (κ2) is 8.88. The van der Waals surface area contributed by atoms with E-state index in [4.69, 9.17) is 15.9 Å². The molecule has 0 saturated carbocycles. The van der Waals surface area contributed by atoms with Gasteiger partial charge in [-0.15, -0.1) is 6.42 Å². The largest absolute Gasteiger partial charge is 0.493 e. The van der Waals surface area contributed by atoms with Gasteiger partial charge in [-0.1, -0.05) is 5.92 Å². The first-order valence-electron chi connectivity index (χ1n) is 6.83. The van der Waals surface area contributed by atoms with E-state index in [1.165, 1.54) is 12.4 Å². The zero-order chi connectivity index (χ0) is 17.4. The van der Waals surface area contributed by atoms with Crippen LogP contribution in [0.5, 0.6) is 11.5 Å². The van der Waals surface area contributed by atoms with Crippen LogP contribution in [0.1, 0.15) is 15.9 Å². The number of ether oxygens (including phenoxy) is 2. The highest BCUT2D eigenvalue weighted by atomic mass is 127. The highest BCUT2D eigenvalue weighted by Crippen LogP contribution is 2.33. The van der Waals surface area contributed by atoms with Gasteiger partial charge in [0.15, 0.2) is 11.5 Å². The van der Waals surface area contributed by atoms with E-state index in [1.54, 1.807) is 31.5 Å². The molecule has 0 saturated heterocycles. The minimum Gasteiger partial charge on any atom is -0.493 e. The molecule has 2 aromatic rings. The maximum absolute atomic E-state index is 11.9. The maximum Gasteiger partial charge on any atom is 0.272 e. The van der Waals surface area contributed by atoms with Gasteiger partial charge in [0.05, 0.1) is 22.5 Å². The minimum absolute atomic E-state index is 0.154. The molecule has 7 heteroatoms. The summed E-state index contributed by atoms with van der Waals surface area (Å²) in [6, 6.07) is 6.92. The minimum atomic E-state index is -0.338. The third-order valence-electron chi connectivity index (χ3n) is 2.86. The molecule has 24 heavy (non-hydrogen) atoms. The summed E-state index contributed by atoms with van der Waals surface area (Å²) in [5.74, 6) is 3.19. The molecule has 1 heterocycles. The smallest absolute Gasteiger partial charge is 0.272 e. The average molecular weight is 435 g/mol. The Hall–Kier alpha value is -2.60. The van der Waals surface area contributed by atoms with Gasteiger partial charge in [-0.05, 0) is 52.4 Å². The van der Waals surface area contributed by atoms with Gasteiger partial charge in [0.2, 0.25) is 0 Å². The Kier molecular flexibility index (Phi) is 6.57. The number of nitrogens with one attached hydrogen (secondary N) is 1. The Balaban J connectivity index is 2.11. The highest BCUT2D eigenvalue weighted by molar-refractivity contribution is 14.1. The molecule has 122 valence electrons. The van der Waals surface area contributed by atoms with Gasteiger partial charge in [0.25, 0.3) is 5.91 Å². The predicted molar refractivity (Wildman–Crippen MR) is 99.3 cm³/mol. The Bertz CT molecular complexity index is 786. The topological polar surface area (TPSA) is 72.8 Å². The Morgan fingerprint density at radius 3 is 3.04 bits per heavy atom. The number of carbonyl (C=O) groups is 1.